The van der Waals surface area contributed by atoms with E-state index >= 15 is 0 Å². The summed E-state index contributed by atoms with van der Waals surface area (Å²) in [7, 11) is 0. The van der Waals surface area contributed by atoms with Crippen LogP contribution in [0, 0.1) is 0 Å². The Balaban J connectivity index is 3.09. The molecule has 0 aliphatic rings. The molecule has 1 aromatic rings. The Kier molecular flexibility index (Phi) is 3.38. The average molecular weight is 219 g/mol. The number of amides is 1. The third-order valence-electron chi connectivity index (χ3n) is 2.31. The molecule has 0 radical (unpaired) electrons. The normalized spacial score (nSPS) is 10.9. The molecule has 0 bridgehead atoms. The summed E-state index contributed by atoms with van der Waals surface area (Å²) in [4.78, 5) is 11.2. The molecule has 1 amide bonds. The van der Waals surface area contributed by atoms with Crippen LogP contribution in [0.3, 0.4) is 0 Å². The van der Waals surface area contributed by atoms with Gasteiger partial charge in [0.25, 0.3) is 0 Å². The molecule has 86 valence electrons. The first-order chi connectivity index (χ1) is 7.34. The van der Waals surface area contributed by atoms with Crippen molar-refractivity contribution in [3.05, 3.63) is 36.4 Å². The molecule has 0 heterocycles. The van der Waals surface area contributed by atoms with Crippen LogP contribution in [-0.4, -0.2) is 11.0 Å². The van der Waals surface area contributed by atoms with Gasteiger partial charge in [-0.15, -0.1) is 0 Å². The lowest BCUT2D eigenvalue weighted by Gasteiger charge is -2.20. The van der Waals surface area contributed by atoms with E-state index < -0.39 is 0 Å². The maximum Gasteiger partial charge on any atom is 0.247 e. The highest BCUT2D eigenvalue weighted by atomic mass is 16.3. The number of benzene rings is 1. The van der Waals surface area contributed by atoms with Crippen LogP contribution in [0.5, 0.6) is 5.75 Å². The Labute approximate surface area is 95.8 Å². The summed E-state index contributed by atoms with van der Waals surface area (Å²) in [5.74, 6) is -0.274. The van der Waals surface area contributed by atoms with Crippen molar-refractivity contribution < 1.29 is 9.90 Å². The standard InChI is InChI=1S/C13H17NO2/c1-5-12(16)14-10-8-9(13(2,3)4)6-7-11(10)15/h5-8,15H,1H2,2-4H3,(H,14,16). The van der Waals surface area contributed by atoms with Gasteiger partial charge >= 0.3 is 0 Å². The molecule has 3 nitrogen and oxygen atoms in total. The Morgan fingerprint density at radius 3 is 2.56 bits per heavy atom. The van der Waals surface area contributed by atoms with Crippen LogP contribution < -0.4 is 5.32 Å². The summed E-state index contributed by atoms with van der Waals surface area (Å²) in [6.45, 7) is 9.57. The van der Waals surface area contributed by atoms with Gasteiger partial charge in [-0.25, -0.2) is 0 Å². The quantitative estimate of drug-likeness (QED) is 0.593. The van der Waals surface area contributed by atoms with Crippen molar-refractivity contribution in [1.29, 1.82) is 0 Å². The van der Waals surface area contributed by atoms with Crippen molar-refractivity contribution in [2.45, 2.75) is 26.2 Å². The van der Waals surface area contributed by atoms with Gasteiger partial charge in [0.05, 0.1) is 5.69 Å². The van der Waals surface area contributed by atoms with Gasteiger partial charge in [0.2, 0.25) is 5.91 Å². The third-order valence-corrected chi connectivity index (χ3v) is 2.31. The number of anilines is 1. The second-order valence-electron chi connectivity index (χ2n) is 4.68. The summed E-state index contributed by atoms with van der Waals surface area (Å²) in [6, 6.07) is 5.20. The Morgan fingerprint density at radius 2 is 2.06 bits per heavy atom. The van der Waals surface area contributed by atoms with E-state index in [9.17, 15) is 9.90 Å². The van der Waals surface area contributed by atoms with Gasteiger partial charge in [0, 0.05) is 0 Å². The highest BCUT2D eigenvalue weighted by Gasteiger charge is 2.15. The lowest BCUT2D eigenvalue weighted by atomic mass is 9.87. The van der Waals surface area contributed by atoms with E-state index in [0.29, 0.717) is 5.69 Å². The van der Waals surface area contributed by atoms with Crippen LogP contribution in [0.25, 0.3) is 0 Å². The van der Waals surface area contributed by atoms with E-state index in [-0.39, 0.29) is 17.1 Å². The molecule has 0 saturated heterocycles. The maximum atomic E-state index is 11.2. The monoisotopic (exact) mass is 219 g/mol. The van der Waals surface area contributed by atoms with E-state index in [4.69, 9.17) is 0 Å². The number of phenols is 1. The van der Waals surface area contributed by atoms with Crippen molar-refractivity contribution in [2.24, 2.45) is 0 Å². The van der Waals surface area contributed by atoms with Crippen LogP contribution in [0.1, 0.15) is 26.3 Å². The second-order valence-corrected chi connectivity index (χ2v) is 4.68. The number of nitrogens with one attached hydrogen (secondary N) is 1. The molecule has 1 rings (SSSR count). The molecule has 0 unspecified atom stereocenters. The molecule has 0 spiro atoms. The van der Waals surface area contributed by atoms with Gasteiger partial charge in [-0.2, -0.15) is 0 Å². The third kappa shape index (κ3) is 2.86. The fourth-order valence-corrected chi connectivity index (χ4v) is 1.29. The molecular weight excluding hydrogens is 202 g/mol. The minimum absolute atomic E-state index is 0.0264. The maximum absolute atomic E-state index is 11.2. The topological polar surface area (TPSA) is 49.3 Å². The zero-order valence-corrected chi connectivity index (χ0v) is 9.87. The van der Waals surface area contributed by atoms with Gasteiger partial charge < -0.3 is 10.4 Å². The molecular formula is C13H17NO2. The van der Waals surface area contributed by atoms with E-state index in [1.165, 1.54) is 6.08 Å². The number of phenolic OH excluding ortho intramolecular Hbond substituents is 1. The van der Waals surface area contributed by atoms with Crippen LogP contribution in [0.15, 0.2) is 30.9 Å². The number of aromatic hydroxyl groups is 1. The minimum atomic E-state index is -0.332. The first-order valence-electron chi connectivity index (χ1n) is 5.11. The molecule has 0 aromatic heterocycles. The summed E-state index contributed by atoms with van der Waals surface area (Å²) in [6.07, 6.45) is 1.17. The van der Waals surface area contributed by atoms with Crippen LogP contribution >= 0.6 is 0 Å². The summed E-state index contributed by atoms with van der Waals surface area (Å²) >= 11 is 0. The number of rotatable bonds is 2. The SMILES string of the molecule is C=CC(=O)Nc1cc(C(C)(C)C)ccc1O. The number of hydrogen-bond donors (Lipinski definition) is 2. The minimum Gasteiger partial charge on any atom is -0.506 e. The van der Waals surface area contributed by atoms with Crippen molar-refractivity contribution >= 4 is 11.6 Å². The Bertz CT molecular complexity index is 416. The molecule has 1 aromatic carbocycles. The largest absolute Gasteiger partial charge is 0.506 e. The van der Waals surface area contributed by atoms with E-state index in [0.717, 1.165) is 5.56 Å². The molecule has 3 heteroatoms. The van der Waals surface area contributed by atoms with Gasteiger partial charge in [0.1, 0.15) is 5.75 Å². The lowest BCUT2D eigenvalue weighted by molar-refractivity contribution is -0.111. The smallest absolute Gasteiger partial charge is 0.247 e. The molecule has 0 fully saturated rings. The highest BCUT2D eigenvalue weighted by Crippen LogP contribution is 2.30. The van der Waals surface area contributed by atoms with E-state index in [1.807, 2.05) is 6.07 Å². The van der Waals surface area contributed by atoms with Crippen molar-refractivity contribution in [3.63, 3.8) is 0 Å². The van der Waals surface area contributed by atoms with Gasteiger partial charge in [0.15, 0.2) is 0 Å². The van der Waals surface area contributed by atoms with Crippen LogP contribution in [-0.2, 0) is 10.2 Å². The summed E-state index contributed by atoms with van der Waals surface area (Å²) in [5.41, 5.74) is 1.43. The number of carbonyl (C=O) groups is 1. The van der Waals surface area contributed by atoms with Crippen molar-refractivity contribution in [2.75, 3.05) is 5.32 Å². The molecule has 16 heavy (non-hydrogen) atoms. The van der Waals surface area contributed by atoms with Crippen molar-refractivity contribution in [3.8, 4) is 5.75 Å². The molecule has 2 N–H and O–H groups in total. The fourth-order valence-electron chi connectivity index (χ4n) is 1.29. The van der Waals surface area contributed by atoms with Gasteiger partial charge in [-0.3, -0.25) is 4.79 Å². The zero-order chi connectivity index (χ0) is 12.3. The summed E-state index contributed by atoms with van der Waals surface area (Å²) < 4.78 is 0. The first-order valence-corrected chi connectivity index (χ1v) is 5.11. The number of hydrogen-bond acceptors (Lipinski definition) is 2. The number of carbonyl (C=O) groups excluding carboxylic acids is 1. The first kappa shape index (κ1) is 12.3. The van der Waals surface area contributed by atoms with Gasteiger partial charge in [-0.1, -0.05) is 33.4 Å². The van der Waals surface area contributed by atoms with Gasteiger partial charge in [-0.05, 0) is 29.2 Å². The molecule has 0 aliphatic heterocycles. The fraction of sp³-hybridized carbons (Fsp3) is 0.308. The molecule has 0 atom stereocenters. The lowest BCUT2D eigenvalue weighted by Crippen LogP contribution is -2.13. The van der Waals surface area contributed by atoms with Crippen molar-refractivity contribution in [1.82, 2.24) is 0 Å². The Hall–Kier alpha value is -1.77. The average Bonchev–Trinajstić information content (AvgIpc) is 2.19. The predicted molar refractivity (Wildman–Crippen MR) is 65.6 cm³/mol. The summed E-state index contributed by atoms with van der Waals surface area (Å²) in [5, 5.41) is 12.2. The molecule has 0 aliphatic carbocycles. The molecule has 0 saturated carbocycles. The van der Waals surface area contributed by atoms with Crippen LogP contribution in [0.2, 0.25) is 0 Å². The van der Waals surface area contributed by atoms with E-state index in [2.05, 4.69) is 32.7 Å². The highest BCUT2D eigenvalue weighted by molar-refractivity contribution is 5.99. The second kappa shape index (κ2) is 4.39. The van der Waals surface area contributed by atoms with Crippen LogP contribution in [0.4, 0.5) is 5.69 Å². The Morgan fingerprint density at radius 1 is 1.44 bits per heavy atom. The zero-order valence-electron chi connectivity index (χ0n) is 9.87. The predicted octanol–water partition coefficient (Wildman–Crippen LogP) is 2.81. The van der Waals surface area contributed by atoms with E-state index in [1.54, 1.807) is 12.1 Å².